The maximum absolute atomic E-state index is 12.7. The fourth-order valence-corrected chi connectivity index (χ4v) is 3.97. The fourth-order valence-electron chi connectivity index (χ4n) is 3.97. The molecule has 0 atom stereocenters. The monoisotopic (exact) mass is 425 g/mol. The second-order valence-corrected chi connectivity index (χ2v) is 7.65. The first-order chi connectivity index (χ1) is 14.7. The van der Waals surface area contributed by atoms with E-state index in [0.29, 0.717) is 18.4 Å². The summed E-state index contributed by atoms with van der Waals surface area (Å²) in [5.41, 5.74) is 2.03. The van der Waals surface area contributed by atoms with Crippen LogP contribution in [0.1, 0.15) is 48.4 Å². The van der Waals surface area contributed by atoms with E-state index in [1.807, 2.05) is 48.7 Å². The molecular weight excluding hydrogens is 398 g/mol. The van der Waals surface area contributed by atoms with Gasteiger partial charge in [-0.15, -0.1) is 0 Å². The standard InChI is InChI=1S/C23H27N3O5/c1-5-23(6-2)21(29)25(22(30)24-23)13-20(28)31-14-19(27)18-12-15(3)26(16(18)4)17-10-8-7-9-11-17/h7-12H,5-6,13-14H2,1-4H3,(H,24,30). The van der Waals surface area contributed by atoms with Gasteiger partial charge in [0.15, 0.2) is 6.61 Å². The quantitative estimate of drug-likeness (QED) is 0.398. The first kappa shape index (κ1) is 22.3. The number of para-hydroxylation sites is 1. The number of Topliss-reactive ketones (excluding diaryl/α,β-unsaturated/α-hetero) is 1. The van der Waals surface area contributed by atoms with Crippen LogP contribution in [0.15, 0.2) is 36.4 Å². The molecule has 0 saturated carbocycles. The van der Waals surface area contributed by atoms with Crippen molar-refractivity contribution in [2.24, 2.45) is 0 Å². The lowest BCUT2D eigenvalue weighted by Crippen LogP contribution is -2.46. The van der Waals surface area contributed by atoms with Crippen molar-refractivity contribution in [3.8, 4) is 5.69 Å². The van der Waals surface area contributed by atoms with E-state index in [1.54, 1.807) is 19.9 Å². The van der Waals surface area contributed by atoms with E-state index in [9.17, 15) is 19.2 Å². The Morgan fingerprint density at radius 1 is 1.06 bits per heavy atom. The maximum Gasteiger partial charge on any atom is 0.326 e. The van der Waals surface area contributed by atoms with Crippen molar-refractivity contribution in [2.75, 3.05) is 13.2 Å². The van der Waals surface area contributed by atoms with Crippen LogP contribution in [0.25, 0.3) is 5.69 Å². The highest BCUT2D eigenvalue weighted by atomic mass is 16.5. The molecule has 1 fully saturated rings. The first-order valence-electron chi connectivity index (χ1n) is 10.3. The minimum Gasteiger partial charge on any atom is -0.456 e. The number of hydrogen-bond donors (Lipinski definition) is 1. The minimum absolute atomic E-state index is 0.350. The Bertz CT molecular complexity index is 1020. The smallest absolute Gasteiger partial charge is 0.326 e. The van der Waals surface area contributed by atoms with Gasteiger partial charge in [-0.2, -0.15) is 0 Å². The van der Waals surface area contributed by atoms with Crippen molar-refractivity contribution in [2.45, 2.75) is 46.1 Å². The molecule has 0 radical (unpaired) electrons. The van der Waals surface area contributed by atoms with Crippen LogP contribution >= 0.6 is 0 Å². The summed E-state index contributed by atoms with van der Waals surface area (Å²) in [6.45, 7) is 6.34. The van der Waals surface area contributed by atoms with Crippen LogP contribution in [0.4, 0.5) is 4.79 Å². The van der Waals surface area contributed by atoms with Gasteiger partial charge in [0.1, 0.15) is 12.1 Å². The fraction of sp³-hybridized carbons (Fsp3) is 0.391. The molecule has 1 aliphatic rings. The largest absolute Gasteiger partial charge is 0.456 e. The first-order valence-corrected chi connectivity index (χ1v) is 10.3. The molecular formula is C23H27N3O5. The van der Waals surface area contributed by atoms with Crippen LogP contribution in [0.5, 0.6) is 0 Å². The van der Waals surface area contributed by atoms with Crippen molar-refractivity contribution in [3.63, 3.8) is 0 Å². The number of carbonyl (C=O) groups excluding carboxylic acids is 4. The zero-order valence-electron chi connectivity index (χ0n) is 18.2. The third-order valence-electron chi connectivity index (χ3n) is 5.85. The number of imide groups is 1. The predicted molar refractivity (Wildman–Crippen MR) is 114 cm³/mol. The summed E-state index contributed by atoms with van der Waals surface area (Å²) in [6.07, 6.45) is 0.851. The molecule has 1 N–H and O–H groups in total. The third kappa shape index (κ3) is 4.10. The van der Waals surface area contributed by atoms with Gasteiger partial charge in [0.05, 0.1) is 0 Å². The highest BCUT2D eigenvalue weighted by molar-refractivity contribution is 6.08. The number of aryl methyl sites for hydroxylation is 1. The second kappa shape index (κ2) is 8.75. The van der Waals surface area contributed by atoms with Gasteiger partial charge in [-0.3, -0.25) is 19.3 Å². The summed E-state index contributed by atoms with van der Waals surface area (Å²) in [7, 11) is 0. The van der Waals surface area contributed by atoms with Gasteiger partial charge in [-0.05, 0) is 44.9 Å². The lowest BCUT2D eigenvalue weighted by atomic mass is 9.93. The zero-order valence-corrected chi connectivity index (χ0v) is 18.2. The van der Waals surface area contributed by atoms with Gasteiger partial charge in [0.2, 0.25) is 5.78 Å². The number of urea groups is 1. The molecule has 1 aliphatic heterocycles. The van der Waals surface area contributed by atoms with Crippen molar-refractivity contribution in [1.29, 1.82) is 0 Å². The molecule has 1 aromatic heterocycles. The number of ketones is 1. The average Bonchev–Trinajstić information content (AvgIpc) is 3.20. The van der Waals surface area contributed by atoms with E-state index in [2.05, 4.69) is 5.32 Å². The van der Waals surface area contributed by atoms with Crippen LogP contribution in [0.2, 0.25) is 0 Å². The summed E-state index contributed by atoms with van der Waals surface area (Å²) in [5.74, 6) is -1.61. The van der Waals surface area contributed by atoms with Gasteiger partial charge in [0.25, 0.3) is 5.91 Å². The van der Waals surface area contributed by atoms with Crippen molar-refractivity contribution >= 4 is 23.7 Å². The molecule has 0 unspecified atom stereocenters. The zero-order chi connectivity index (χ0) is 22.8. The SMILES string of the molecule is CCC1(CC)NC(=O)N(CC(=O)OCC(=O)c2cc(C)n(-c3ccccc3)c2C)C1=O. The average molecular weight is 425 g/mol. The van der Waals surface area contributed by atoms with E-state index in [4.69, 9.17) is 4.74 Å². The van der Waals surface area contributed by atoms with Crippen molar-refractivity contribution in [3.05, 3.63) is 53.3 Å². The molecule has 3 amide bonds. The highest BCUT2D eigenvalue weighted by Crippen LogP contribution is 2.25. The summed E-state index contributed by atoms with van der Waals surface area (Å²) in [4.78, 5) is 50.5. The molecule has 1 saturated heterocycles. The van der Waals surface area contributed by atoms with E-state index < -0.39 is 36.6 Å². The molecule has 3 rings (SSSR count). The lowest BCUT2D eigenvalue weighted by Gasteiger charge is -2.22. The highest BCUT2D eigenvalue weighted by Gasteiger charge is 2.49. The van der Waals surface area contributed by atoms with Gasteiger partial charge < -0.3 is 14.6 Å². The minimum atomic E-state index is -0.984. The number of benzene rings is 1. The molecule has 0 bridgehead atoms. The van der Waals surface area contributed by atoms with E-state index in [1.165, 1.54) is 0 Å². The molecule has 0 aliphatic carbocycles. The number of amides is 3. The third-order valence-corrected chi connectivity index (χ3v) is 5.85. The molecule has 2 aromatic rings. The lowest BCUT2D eigenvalue weighted by molar-refractivity contribution is -0.146. The van der Waals surface area contributed by atoms with E-state index >= 15 is 0 Å². The van der Waals surface area contributed by atoms with Gasteiger partial charge in [-0.1, -0.05) is 32.0 Å². The molecule has 1 aromatic carbocycles. The molecule has 8 heteroatoms. The number of nitrogens with zero attached hydrogens (tertiary/aromatic N) is 2. The Balaban J connectivity index is 1.65. The van der Waals surface area contributed by atoms with Crippen LogP contribution < -0.4 is 5.32 Å². The summed E-state index contributed by atoms with van der Waals surface area (Å²) >= 11 is 0. The van der Waals surface area contributed by atoms with Crippen LogP contribution in [-0.4, -0.2) is 51.8 Å². The second-order valence-electron chi connectivity index (χ2n) is 7.65. The van der Waals surface area contributed by atoms with E-state index in [-0.39, 0.29) is 5.78 Å². The Morgan fingerprint density at radius 3 is 2.29 bits per heavy atom. The summed E-state index contributed by atoms with van der Waals surface area (Å²) in [5, 5.41) is 2.65. The Morgan fingerprint density at radius 2 is 1.71 bits per heavy atom. The van der Waals surface area contributed by atoms with Crippen LogP contribution in [0, 0.1) is 13.8 Å². The number of nitrogens with one attached hydrogen (secondary N) is 1. The van der Waals surface area contributed by atoms with Crippen LogP contribution in [-0.2, 0) is 14.3 Å². The van der Waals surface area contributed by atoms with Gasteiger partial charge in [-0.25, -0.2) is 4.79 Å². The molecule has 2 heterocycles. The predicted octanol–water partition coefficient (Wildman–Crippen LogP) is 2.93. The number of ether oxygens (including phenoxy) is 1. The number of esters is 1. The number of hydrogen-bond acceptors (Lipinski definition) is 5. The van der Waals surface area contributed by atoms with Crippen LogP contribution in [0.3, 0.4) is 0 Å². The molecule has 164 valence electrons. The number of rotatable bonds is 8. The topological polar surface area (TPSA) is 97.7 Å². The Hall–Kier alpha value is -3.42. The molecule has 8 nitrogen and oxygen atoms in total. The van der Waals surface area contributed by atoms with E-state index in [0.717, 1.165) is 22.0 Å². The Kier molecular flexibility index (Phi) is 6.29. The summed E-state index contributed by atoms with van der Waals surface area (Å²) in [6, 6.07) is 10.8. The Labute approximate surface area is 181 Å². The molecule has 0 spiro atoms. The van der Waals surface area contributed by atoms with Crippen molar-refractivity contribution < 1.29 is 23.9 Å². The maximum atomic E-state index is 12.7. The van der Waals surface area contributed by atoms with Gasteiger partial charge >= 0.3 is 12.0 Å². The molecule has 31 heavy (non-hydrogen) atoms. The van der Waals surface area contributed by atoms with Crippen molar-refractivity contribution in [1.82, 2.24) is 14.8 Å². The normalized spacial score (nSPS) is 15.2. The number of carbonyl (C=O) groups is 4. The van der Waals surface area contributed by atoms with Gasteiger partial charge in [0, 0.05) is 22.6 Å². The summed E-state index contributed by atoms with van der Waals surface area (Å²) < 4.78 is 7.05. The number of aromatic nitrogens is 1.